The van der Waals surface area contributed by atoms with Crippen LogP contribution in [0.4, 0.5) is 0 Å². The zero-order valence-electron chi connectivity index (χ0n) is 20.6. The quantitative estimate of drug-likeness (QED) is 0.357. The fraction of sp³-hybridized carbons (Fsp3) is 0.308. The van der Waals surface area contributed by atoms with E-state index in [4.69, 9.17) is 0 Å². The topological polar surface area (TPSA) is 9.72 Å². The maximum Gasteiger partial charge on any atom is 0.285 e. The summed E-state index contributed by atoms with van der Waals surface area (Å²) in [5.74, 6) is 0. The van der Waals surface area contributed by atoms with Gasteiger partial charge in [-0.05, 0) is 36.4 Å². The molecule has 0 amide bonds. The molecule has 6 heteroatoms. The molecule has 0 spiro atoms. The Bertz CT molecular complexity index is 845. The number of benzene rings is 3. The zero-order valence-corrected chi connectivity index (χ0v) is 23.2. The predicted octanol–water partition coefficient (Wildman–Crippen LogP) is 5.76. The van der Waals surface area contributed by atoms with Crippen molar-refractivity contribution in [1.29, 1.82) is 0 Å². The van der Waals surface area contributed by atoms with E-state index in [0.29, 0.717) is 0 Å². The standard InChI is InChI=1S/C26H38N3P3/c1-8-30(32(27(2)3,28(4)5)29(6)7)31(24-18-12-9-13-19-24,25-20-14-10-15-21-25)26-22-16-11-17-23-26/h9-23H,8H2,1-7H3/q+2. The largest absolute Gasteiger partial charge is 0.285 e. The Labute approximate surface area is 197 Å². The van der Waals surface area contributed by atoms with Crippen molar-refractivity contribution >= 4 is 37.6 Å². The van der Waals surface area contributed by atoms with Gasteiger partial charge in [0.15, 0.2) is 6.95 Å². The first-order valence-corrected chi connectivity index (χ1v) is 17.5. The molecule has 0 radical (unpaired) electrons. The van der Waals surface area contributed by atoms with Gasteiger partial charge in [-0.25, -0.2) is 0 Å². The third kappa shape index (κ3) is 4.21. The normalized spacial score (nSPS) is 13.7. The molecule has 1 unspecified atom stereocenters. The minimum absolute atomic E-state index is 0.501. The second kappa shape index (κ2) is 10.8. The van der Waals surface area contributed by atoms with Gasteiger partial charge < -0.3 is 0 Å². The Morgan fingerprint density at radius 2 is 0.812 bits per heavy atom. The molecule has 0 saturated heterocycles. The molecule has 3 rings (SSSR count). The molecule has 0 heterocycles. The van der Waals surface area contributed by atoms with Crippen LogP contribution in [-0.4, -0.2) is 62.5 Å². The molecule has 0 aromatic heterocycles. The molecule has 0 aliphatic carbocycles. The molecular weight excluding hydrogens is 447 g/mol. The molecule has 0 N–H and O–H groups in total. The molecule has 0 fully saturated rings. The Kier molecular flexibility index (Phi) is 8.62. The van der Waals surface area contributed by atoms with E-state index in [2.05, 4.69) is 154 Å². The fourth-order valence-corrected chi connectivity index (χ4v) is 34.3. The van der Waals surface area contributed by atoms with Crippen molar-refractivity contribution in [2.45, 2.75) is 6.92 Å². The van der Waals surface area contributed by atoms with Gasteiger partial charge in [0.25, 0.3) is 14.7 Å². The van der Waals surface area contributed by atoms with Crippen LogP contribution in [0.1, 0.15) is 6.92 Å². The van der Waals surface area contributed by atoms with Crippen LogP contribution >= 0.6 is 21.7 Å². The summed E-state index contributed by atoms with van der Waals surface area (Å²) in [4.78, 5) is 0. The highest BCUT2D eigenvalue weighted by molar-refractivity contribution is 8.73. The number of rotatable bonds is 9. The summed E-state index contributed by atoms with van der Waals surface area (Å²) >= 11 is 0. The van der Waals surface area contributed by atoms with E-state index in [1.165, 1.54) is 15.9 Å². The van der Waals surface area contributed by atoms with Crippen LogP contribution in [-0.2, 0) is 0 Å². The molecule has 32 heavy (non-hydrogen) atoms. The number of hydrogen-bond acceptors (Lipinski definition) is 3. The lowest BCUT2D eigenvalue weighted by molar-refractivity contribution is 0.481. The summed E-state index contributed by atoms with van der Waals surface area (Å²) < 4.78 is 7.64. The molecule has 0 saturated carbocycles. The maximum atomic E-state index is 2.55. The minimum atomic E-state index is -1.96. The molecule has 1 atom stereocenters. The first-order chi connectivity index (χ1) is 15.3. The van der Waals surface area contributed by atoms with Crippen LogP contribution < -0.4 is 15.9 Å². The van der Waals surface area contributed by atoms with Gasteiger partial charge in [0.1, 0.15) is 15.9 Å². The van der Waals surface area contributed by atoms with Crippen LogP contribution in [0.25, 0.3) is 0 Å². The molecule has 0 bridgehead atoms. The summed E-state index contributed by atoms with van der Waals surface area (Å²) in [5.41, 5.74) is 0. The van der Waals surface area contributed by atoms with Crippen molar-refractivity contribution in [3.05, 3.63) is 91.0 Å². The molecule has 3 aromatic rings. The van der Waals surface area contributed by atoms with Gasteiger partial charge >= 0.3 is 0 Å². The van der Waals surface area contributed by atoms with Crippen LogP contribution in [0, 0.1) is 0 Å². The van der Waals surface area contributed by atoms with Crippen LogP contribution in [0.5, 0.6) is 0 Å². The number of nitrogens with zero attached hydrogens (tertiary/aromatic N) is 3. The second-order valence-corrected chi connectivity index (χ2v) is 23.3. The zero-order chi connectivity index (χ0) is 23.4. The first-order valence-electron chi connectivity index (χ1n) is 11.1. The van der Waals surface area contributed by atoms with Crippen LogP contribution in [0.15, 0.2) is 91.0 Å². The predicted molar refractivity (Wildman–Crippen MR) is 151 cm³/mol. The van der Waals surface area contributed by atoms with Gasteiger partial charge in [0.2, 0.25) is 0 Å². The van der Waals surface area contributed by atoms with Gasteiger partial charge in [-0.2, -0.15) is 0 Å². The summed E-state index contributed by atoms with van der Waals surface area (Å²) in [6.07, 6.45) is 1.16. The minimum Gasteiger partial charge on any atom is -0.150 e. The van der Waals surface area contributed by atoms with Crippen molar-refractivity contribution in [3.63, 3.8) is 0 Å². The van der Waals surface area contributed by atoms with Crippen molar-refractivity contribution < 1.29 is 0 Å². The van der Waals surface area contributed by atoms with E-state index in [1.807, 2.05) is 0 Å². The van der Waals surface area contributed by atoms with Crippen molar-refractivity contribution in [2.24, 2.45) is 0 Å². The van der Waals surface area contributed by atoms with Gasteiger partial charge in [-0.3, -0.25) is 0 Å². The molecule has 3 nitrogen and oxygen atoms in total. The SMILES string of the molecule is CCP([P+](c1ccccc1)(c1ccccc1)c1ccccc1)[P+](N(C)C)(N(C)C)N(C)C. The fourth-order valence-electron chi connectivity index (χ4n) is 5.05. The summed E-state index contributed by atoms with van der Waals surface area (Å²) in [5, 5.41) is 4.46. The average molecular weight is 486 g/mol. The molecular formula is C26H38N3P3+2. The van der Waals surface area contributed by atoms with E-state index in [1.54, 1.807) is 0 Å². The molecule has 0 aliphatic heterocycles. The van der Waals surface area contributed by atoms with Crippen molar-refractivity contribution in [3.8, 4) is 0 Å². The lowest BCUT2D eigenvalue weighted by Gasteiger charge is -2.46. The van der Waals surface area contributed by atoms with E-state index in [9.17, 15) is 0 Å². The third-order valence-corrected chi connectivity index (χ3v) is 29.7. The lowest BCUT2D eigenvalue weighted by Crippen LogP contribution is -2.39. The Balaban J connectivity index is 2.53. The Morgan fingerprint density at radius 1 is 0.531 bits per heavy atom. The molecule has 0 aliphatic rings. The van der Waals surface area contributed by atoms with Gasteiger partial charge in [-0.15, -0.1) is 14.0 Å². The lowest BCUT2D eigenvalue weighted by atomic mass is 10.4. The van der Waals surface area contributed by atoms with Crippen molar-refractivity contribution in [1.82, 2.24) is 14.0 Å². The van der Waals surface area contributed by atoms with E-state index >= 15 is 0 Å². The van der Waals surface area contributed by atoms with Crippen LogP contribution in [0.3, 0.4) is 0 Å². The Hall–Kier alpha value is -1.17. The first kappa shape index (κ1) is 25.5. The van der Waals surface area contributed by atoms with Crippen molar-refractivity contribution in [2.75, 3.05) is 48.4 Å². The summed E-state index contributed by atoms with van der Waals surface area (Å²) in [7, 11) is 11.4. The highest BCUT2D eigenvalue weighted by Crippen LogP contribution is 3.03. The highest BCUT2D eigenvalue weighted by Gasteiger charge is 2.71. The van der Waals surface area contributed by atoms with Crippen LogP contribution in [0.2, 0.25) is 0 Å². The Morgan fingerprint density at radius 3 is 1.03 bits per heavy atom. The van der Waals surface area contributed by atoms with E-state index in [-0.39, 0.29) is 0 Å². The van der Waals surface area contributed by atoms with Gasteiger partial charge in [0.05, 0.1) is 0 Å². The highest BCUT2D eigenvalue weighted by atomic mass is 32.5. The summed E-state index contributed by atoms with van der Waals surface area (Å²) in [6, 6.07) is 34.1. The average Bonchev–Trinajstić information content (AvgIpc) is 2.80. The maximum absolute atomic E-state index is 2.55. The monoisotopic (exact) mass is 485 g/mol. The second-order valence-electron chi connectivity index (χ2n) is 8.41. The molecule has 3 aromatic carbocycles. The van der Waals surface area contributed by atoms with Gasteiger partial charge in [0, 0.05) is 48.4 Å². The van der Waals surface area contributed by atoms with E-state index < -0.39 is 21.7 Å². The smallest absolute Gasteiger partial charge is 0.150 e. The third-order valence-electron chi connectivity index (χ3n) is 5.94. The van der Waals surface area contributed by atoms with E-state index in [0.717, 1.165) is 6.16 Å². The molecule has 170 valence electrons. The summed E-state index contributed by atoms with van der Waals surface area (Å²) in [6.45, 7) is 0.460. The number of hydrogen-bond donors (Lipinski definition) is 0. The van der Waals surface area contributed by atoms with Gasteiger partial charge in [-0.1, -0.05) is 61.5 Å².